The van der Waals surface area contributed by atoms with E-state index in [1.807, 2.05) is 30.3 Å². The van der Waals surface area contributed by atoms with Gasteiger partial charge in [-0.3, -0.25) is 4.68 Å². The number of carbonyl (C=O) groups is 1. The van der Waals surface area contributed by atoms with Crippen LogP contribution in [0.25, 0.3) is 23.4 Å². The molecule has 5 heteroatoms. The van der Waals surface area contributed by atoms with E-state index in [1.165, 1.54) is 0 Å². The molecular formula is C19H15ClN2O2. The molecule has 2 aromatic carbocycles. The Morgan fingerprint density at radius 1 is 1.08 bits per heavy atom. The first-order valence-corrected chi connectivity index (χ1v) is 7.74. The molecule has 0 aliphatic carbocycles. The van der Waals surface area contributed by atoms with E-state index >= 15 is 0 Å². The van der Waals surface area contributed by atoms with E-state index in [9.17, 15) is 9.90 Å². The van der Waals surface area contributed by atoms with Gasteiger partial charge in [0.05, 0.1) is 5.56 Å². The van der Waals surface area contributed by atoms with E-state index in [2.05, 4.69) is 5.10 Å². The van der Waals surface area contributed by atoms with Crippen LogP contribution in [0.1, 0.15) is 21.5 Å². The summed E-state index contributed by atoms with van der Waals surface area (Å²) in [7, 11) is 1.78. The van der Waals surface area contributed by atoms with E-state index in [0.717, 1.165) is 16.8 Å². The fraction of sp³-hybridized carbons (Fsp3) is 0.0526. The van der Waals surface area contributed by atoms with Crippen molar-refractivity contribution in [3.05, 3.63) is 76.4 Å². The summed E-state index contributed by atoms with van der Waals surface area (Å²) in [4.78, 5) is 11.3. The van der Waals surface area contributed by atoms with Crippen LogP contribution in [0.3, 0.4) is 0 Å². The van der Waals surface area contributed by atoms with Crippen LogP contribution in [-0.2, 0) is 7.05 Å². The lowest BCUT2D eigenvalue weighted by atomic mass is 10.0. The van der Waals surface area contributed by atoms with Gasteiger partial charge in [-0.05, 0) is 17.7 Å². The molecule has 0 saturated heterocycles. The van der Waals surface area contributed by atoms with Gasteiger partial charge in [0.15, 0.2) is 0 Å². The van der Waals surface area contributed by atoms with Gasteiger partial charge in [-0.15, -0.1) is 0 Å². The summed E-state index contributed by atoms with van der Waals surface area (Å²) in [5.41, 5.74) is 3.32. The highest BCUT2D eigenvalue weighted by Gasteiger charge is 2.14. The minimum Gasteiger partial charge on any atom is -0.478 e. The van der Waals surface area contributed by atoms with Gasteiger partial charge in [-0.25, -0.2) is 4.79 Å². The first-order chi connectivity index (χ1) is 11.6. The summed E-state index contributed by atoms with van der Waals surface area (Å²) in [6, 6.07) is 16.6. The number of aromatic carboxylic acids is 1. The molecule has 3 aromatic rings. The second kappa shape index (κ2) is 6.72. The normalized spacial score (nSPS) is 11.1. The molecule has 120 valence electrons. The number of carboxylic acid groups (broad SMARTS) is 1. The number of rotatable bonds is 4. The lowest BCUT2D eigenvalue weighted by Gasteiger charge is -2.01. The van der Waals surface area contributed by atoms with Crippen molar-refractivity contribution in [1.82, 2.24) is 9.78 Å². The van der Waals surface area contributed by atoms with E-state index in [-0.39, 0.29) is 5.56 Å². The molecule has 0 atom stereocenters. The monoisotopic (exact) mass is 338 g/mol. The first-order valence-electron chi connectivity index (χ1n) is 7.36. The van der Waals surface area contributed by atoms with Crippen molar-refractivity contribution in [3.8, 4) is 11.3 Å². The maximum atomic E-state index is 11.3. The van der Waals surface area contributed by atoms with Crippen LogP contribution in [0, 0.1) is 0 Å². The Balaban J connectivity index is 2.07. The van der Waals surface area contributed by atoms with Crippen LogP contribution in [0.5, 0.6) is 0 Å². The Labute approximate surface area is 144 Å². The third kappa shape index (κ3) is 3.09. The molecule has 0 amide bonds. The topological polar surface area (TPSA) is 55.1 Å². The molecule has 1 heterocycles. The molecule has 1 aromatic heterocycles. The number of halogens is 1. The van der Waals surface area contributed by atoms with Crippen LogP contribution in [0.15, 0.2) is 54.6 Å². The fourth-order valence-electron chi connectivity index (χ4n) is 2.49. The van der Waals surface area contributed by atoms with Crippen molar-refractivity contribution < 1.29 is 9.90 Å². The standard InChI is InChI=1S/C19H15ClN2O2/c1-22-18(20)16(17(21-22)14-8-3-2-4-9-14)12-11-13-7-5-6-10-15(13)19(23)24/h2-12H,1H3,(H,23,24). The van der Waals surface area contributed by atoms with Crippen molar-refractivity contribution in [2.24, 2.45) is 7.05 Å². The zero-order valence-corrected chi connectivity index (χ0v) is 13.7. The third-order valence-corrected chi connectivity index (χ3v) is 4.13. The molecule has 0 aliphatic heterocycles. The average Bonchev–Trinajstić information content (AvgIpc) is 2.89. The predicted octanol–water partition coefficient (Wildman–Crippen LogP) is 4.61. The summed E-state index contributed by atoms with van der Waals surface area (Å²) in [5.74, 6) is -0.962. The van der Waals surface area contributed by atoms with E-state index < -0.39 is 5.97 Å². The molecule has 4 nitrogen and oxygen atoms in total. The molecule has 1 N–H and O–H groups in total. The Morgan fingerprint density at radius 2 is 1.75 bits per heavy atom. The Morgan fingerprint density at radius 3 is 2.46 bits per heavy atom. The average molecular weight is 339 g/mol. The molecule has 0 aliphatic rings. The minimum atomic E-state index is -0.962. The lowest BCUT2D eigenvalue weighted by molar-refractivity contribution is 0.0696. The maximum Gasteiger partial charge on any atom is 0.336 e. The summed E-state index contributed by atoms with van der Waals surface area (Å²) >= 11 is 6.37. The molecule has 0 fully saturated rings. The van der Waals surface area contributed by atoms with Crippen molar-refractivity contribution >= 4 is 29.7 Å². The molecule has 0 unspecified atom stereocenters. The van der Waals surface area contributed by atoms with Crippen molar-refractivity contribution in [2.45, 2.75) is 0 Å². The van der Waals surface area contributed by atoms with Crippen molar-refractivity contribution in [1.29, 1.82) is 0 Å². The number of hydrogen-bond acceptors (Lipinski definition) is 2. The molecule has 0 saturated carbocycles. The summed E-state index contributed by atoms with van der Waals surface area (Å²) in [5, 5.41) is 14.2. The molecule has 0 spiro atoms. The highest BCUT2D eigenvalue weighted by atomic mass is 35.5. The quantitative estimate of drug-likeness (QED) is 0.755. The second-order valence-corrected chi connectivity index (χ2v) is 5.63. The highest BCUT2D eigenvalue weighted by Crippen LogP contribution is 2.30. The van der Waals surface area contributed by atoms with Gasteiger partial charge < -0.3 is 5.11 Å². The van der Waals surface area contributed by atoms with Gasteiger partial charge in [0, 0.05) is 18.2 Å². The zero-order valence-electron chi connectivity index (χ0n) is 13.0. The summed E-state index contributed by atoms with van der Waals surface area (Å²) < 4.78 is 1.60. The number of aromatic nitrogens is 2. The lowest BCUT2D eigenvalue weighted by Crippen LogP contribution is -1.98. The molecule has 0 bridgehead atoms. The van der Waals surface area contributed by atoms with Crippen LogP contribution < -0.4 is 0 Å². The fourth-order valence-corrected chi connectivity index (χ4v) is 2.68. The number of aryl methyl sites for hydroxylation is 1. The summed E-state index contributed by atoms with van der Waals surface area (Å²) in [6.45, 7) is 0. The van der Waals surface area contributed by atoms with Gasteiger partial charge in [-0.1, -0.05) is 66.2 Å². The Kier molecular flexibility index (Phi) is 4.49. The van der Waals surface area contributed by atoms with Crippen LogP contribution in [0.4, 0.5) is 0 Å². The highest BCUT2D eigenvalue weighted by molar-refractivity contribution is 6.31. The Hall–Kier alpha value is -2.85. The Bertz CT molecular complexity index is 914. The molecule has 0 radical (unpaired) electrons. The largest absolute Gasteiger partial charge is 0.478 e. The summed E-state index contributed by atoms with van der Waals surface area (Å²) in [6.07, 6.45) is 3.55. The SMILES string of the molecule is Cn1nc(-c2ccccc2)c(C=Cc2ccccc2C(=O)O)c1Cl. The van der Waals surface area contributed by atoms with Crippen molar-refractivity contribution in [2.75, 3.05) is 0 Å². The molecule has 3 rings (SSSR count). The molecule has 24 heavy (non-hydrogen) atoms. The number of benzene rings is 2. The smallest absolute Gasteiger partial charge is 0.336 e. The molecular weight excluding hydrogens is 324 g/mol. The van der Waals surface area contributed by atoms with Crippen LogP contribution in [0.2, 0.25) is 5.15 Å². The van der Waals surface area contributed by atoms with E-state index in [1.54, 1.807) is 48.1 Å². The third-order valence-electron chi connectivity index (χ3n) is 3.68. The van der Waals surface area contributed by atoms with Gasteiger partial charge in [0.2, 0.25) is 0 Å². The van der Waals surface area contributed by atoms with Crippen molar-refractivity contribution in [3.63, 3.8) is 0 Å². The van der Waals surface area contributed by atoms with E-state index in [4.69, 9.17) is 11.6 Å². The predicted molar refractivity (Wildman–Crippen MR) is 96.0 cm³/mol. The second-order valence-electron chi connectivity index (χ2n) is 5.27. The number of nitrogens with zero attached hydrogens (tertiary/aromatic N) is 2. The van der Waals surface area contributed by atoms with Gasteiger partial charge >= 0.3 is 5.97 Å². The van der Waals surface area contributed by atoms with Gasteiger partial charge in [0.25, 0.3) is 0 Å². The van der Waals surface area contributed by atoms with Crippen LogP contribution >= 0.6 is 11.6 Å². The van der Waals surface area contributed by atoms with E-state index in [0.29, 0.717) is 10.7 Å². The van der Waals surface area contributed by atoms with Crippen LogP contribution in [-0.4, -0.2) is 20.9 Å². The zero-order chi connectivity index (χ0) is 17.1. The van der Waals surface area contributed by atoms with Gasteiger partial charge in [0.1, 0.15) is 10.8 Å². The first kappa shape index (κ1) is 16.0. The number of hydrogen-bond donors (Lipinski definition) is 1. The van der Waals surface area contributed by atoms with Gasteiger partial charge in [-0.2, -0.15) is 5.10 Å². The number of carboxylic acids is 1. The minimum absolute atomic E-state index is 0.245. The maximum absolute atomic E-state index is 11.3.